The lowest BCUT2D eigenvalue weighted by atomic mass is 10.2. The number of hydrogen-bond acceptors (Lipinski definition) is 3. The molecule has 0 atom stereocenters. The van der Waals surface area contributed by atoms with E-state index in [0.717, 1.165) is 0 Å². The van der Waals surface area contributed by atoms with E-state index in [1.807, 2.05) is 0 Å². The first-order chi connectivity index (χ1) is 8.45. The number of rotatable bonds is 2. The average molecular weight is 307 g/mol. The molecule has 0 heterocycles. The minimum Gasteiger partial charge on any atom is -0.268 e. The highest BCUT2D eigenvalue weighted by Gasteiger charge is 2.47. The third-order valence-electron chi connectivity index (χ3n) is 1.78. The van der Waals surface area contributed by atoms with Gasteiger partial charge in [-0.2, -0.15) is 21.6 Å². The summed E-state index contributed by atoms with van der Waals surface area (Å²) in [5, 5.41) is 0. The molecular weight excluding hydrogens is 304 g/mol. The molecule has 0 radical (unpaired) electrons. The van der Waals surface area contributed by atoms with E-state index in [2.05, 4.69) is 0 Å². The second-order valence-electron chi connectivity index (χ2n) is 3.13. The molecular formula is C8H3F6NO3S. The Morgan fingerprint density at radius 1 is 1.05 bits per heavy atom. The third-order valence-corrected chi connectivity index (χ3v) is 2.84. The van der Waals surface area contributed by atoms with E-state index in [4.69, 9.17) is 0 Å². The highest BCUT2D eigenvalue weighted by atomic mass is 32.2. The zero-order valence-corrected chi connectivity index (χ0v) is 9.37. The van der Waals surface area contributed by atoms with Gasteiger partial charge in [0.05, 0.1) is 0 Å². The number of amides is 1. The van der Waals surface area contributed by atoms with Crippen LogP contribution in [0.4, 0.5) is 26.3 Å². The minimum atomic E-state index is -6.02. The molecule has 0 aromatic heterocycles. The van der Waals surface area contributed by atoms with Crippen LogP contribution in [-0.2, 0) is 10.0 Å². The molecule has 0 saturated carbocycles. The van der Waals surface area contributed by atoms with Gasteiger partial charge in [-0.3, -0.25) is 4.79 Å². The fourth-order valence-corrected chi connectivity index (χ4v) is 1.40. The van der Waals surface area contributed by atoms with Crippen LogP contribution in [0.5, 0.6) is 0 Å². The van der Waals surface area contributed by atoms with Crippen LogP contribution in [0.1, 0.15) is 10.4 Å². The number of carbonyl (C=O) groups excluding carboxylic acids is 1. The number of benzene rings is 1. The number of sulfonamides is 1. The molecule has 0 bridgehead atoms. The molecule has 0 saturated heterocycles. The lowest BCUT2D eigenvalue weighted by Crippen LogP contribution is -2.40. The summed E-state index contributed by atoms with van der Waals surface area (Å²) in [5.41, 5.74) is -6.90. The van der Waals surface area contributed by atoms with Crippen molar-refractivity contribution in [1.82, 2.24) is 4.72 Å². The van der Waals surface area contributed by atoms with Crippen LogP contribution in [0.25, 0.3) is 0 Å². The van der Waals surface area contributed by atoms with Crippen LogP contribution < -0.4 is 4.72 Å². The van der Waals surface area contributed by atoms with Crippen molar-refractivity contribution >= 4 is 15.9 Å². The summed E-state index contributed by atoms with van der Waals surface area (Å²) in [5.74, 6) is -7.60. The Labute approximate surface area is 102 Å². The van der Waals surface area contributed by atoms with Crippen LogP contribution in [0, 0.1) is 17.5 Å². The lowest BCUT2D eigenvalue weighted by molar-refractivity contribution is -0.0446. The normalized spacial score (nSPS) is 12.3. The maximum Gasteiger partial charge on any atom is 0.516 e. The fraction of sp³-hybridized carbons (Fsp3) is 0.125. The summed E-state index contributed by atoms with van der Waals surface area (Å²) in [7, 11) is -6.02. The molecule has 0 aliphatic rings. The third kappa shape index (κ3) is 3.16. The highest BCUT2D eigenvalue weighted by molar-refractivity contribution is 7.90. The van der Waals surface area contributed by atoms with Crippen LogP contribution >= 0.6 is 0 Å². The first kappa shape index (κ1) is 15.3. The second kappa shape index (κ2) is 4.72. The predicted molar refractivity (Wildman–Crippen MR) is 48.8 cm³/mol. The van der Waals surface area contributed by atoms with Gasteiger partial charge in [-0.1, -0.05) is 0 Å². The molecule has 19 heavy (non-hydrogen) atoms. The van der Waals surface area contributed by atoms with Gasteiger partial charge in [-0.25, -0.2) is 17.9 Å². The minimum absolute atomic E-state index is 0.0552. The van der Waals surface area contributed by atoms with E-state index < -0.39 is 44.5 Å². The Balaban J connectivity index is 3.11. The summed E-state index contributed by atoms with van der Waals surface area (Å²) < 4.78 is 95.3. The Morgan fingerprint density at radius 3 is 1.84 bits per heavy atom. The van der Waals surface area contributed by atoms with Crippen LogP contribution in [-0.4, -0.2) is 19.8 Å². The molecule has 0 unspecified atom stereocenters. The van der Waals surface area contributed by atoms with Gasteiger partial charge in [0.1, 0.15) is 0 Å². The molecule has 1 N–H and O–H groups in total. The van der Waals surface area contributed by atoms with Crippen molar-refractivity contribution in [3.05, 3.63) is 35.1 Å². The molecule has 0 aliphatic heterocycles. The molecule has 1 aromatic carbocycles. The van der Waals surface area contributed by atoms with Gasteiger partial charge in [0, 0.05) is 5.56 Å². The average Bonchev–Trinajstić information content (AvgIpc) is 2.22. The largest absolute Gasteiger partial charge is 0.516 e. The van der Waals surface area contributed by atoms with Crippen LogP contribution in [0.15, 0.2) is 12.1 Å². The molecule has 0 spiro atoms. The van der Waals surface area contributed by atoms with Gasteiger partial charge in [-0.15, -0.1) is 0 Å². The van der Waals surface area contributed by atoms with Crippen LogP contribution in [0.2, 0.25) is 0 Å². The summed E-state index contributed by atoms with van der Waals surface area (Å²) in [6, 6.07) is 0.110. The van der Waals surface area contributed by atoms with E-state index in [9.17, 15) is 39.6 Å². The summed E-state index contributed by atoms with van der Waals surface area (Å²) in [6.45, 7) is 0. The summed E-state index contributed by atoms with van der Waals surface area (Å²) in [4.78, 5) is 11.1. The van der Waals surface area contributed by atoms with E-state index in [-0.39, 0.29) is 12.1 Å². The number of halogens is 6. The van der Waals surface area contributed by atoms with Crippen molar-refractivity contribution in [1.29, 1.82) is 0 Å². The van der Waals surface area contributed by atoms with E-state index in [1.165, 1.54) is 0 Å². The van der Waals surface area contributed by atoms with E-state index >= 15 is 0 Å². The second-order valence-corrected chi connectivity index (χ2v) is 4.81. The van der Waals surface area contributed by atoms with E-state index in [1.54, 1.807) is 0 Å². The van der Waals surface area contributed by atoms with Crippen molar-refractivity contribution in [3.63, 3.8) is 0 Å². The smallest absolute Gasteiger partial charge is 0.268 e. The van der Waals surface area contributed by atoms with Crippen LogP contribution in [0.3, 0.4) is 0 Å². The molecule has 0 fully saturated rings. The van der Waals surface area contributed by atoms with Crippen molar-refractivity contribution < 1.29 is 39.6 Å². The van der Waals surface area contributed by atoms with Gasteiger partial charge in [0.2, 0.25) is 0 Å². The Bertz CT molecular complexity index is 601. The monoisotopic (exact) mass is 307 g/mol. The molecule has 0 aliphatic carbocycles. The number of nitrogens with one attached hydrogen (secondary N) is 1. The van der Waals surface area contributed by atoms with Crippen molar-refractivity contribution in [2.45, 2.75) is 5.51 Å². The predicted octanol–water partition coefficient (Wildman–Crippen LogP) is 1.68. The molecule has 1 rings (SSSR count). The lowest BCUT2D eigenvalue weighted by Gasteiger charge is -2.09. The van der Waals surface area contributed by atoms with Gasteiger partial charge >= 0.3 is 15.5 Å². The van der Waals surface area contributed by atoms with Crippen molar-refractivity contribution in [3.8, 4) is 0 Å². The quantitative estimate of drug-likeness (QED) is 0.668. The maximum absolute atomic E-state index is 12.7. The van der Waals surface area contributed by atoms with Crippen molar-refractivity contribution in [2.75, 3.05) is 0 Å². The summed E-state index contributed by atoms with van der Waals surface area (Å²) in [6.07, 6.45) is 0. The maximum atomic E-state index is 12.7. The fourth-order valence-electron chi connectivity index (χ4n) is 0.925. The Morgan fingerprint density at radius 2 is 1.47 bits per heavy atom. The van der Waals surface area contributed by atoms with Gasteiger partial charge in [-0.05, 0) is 12.1 Å². The number of hydrogen-bond donors (Lipinski definition) is 1. The first-order valence-electron chi connectivity index (χ1n) is 4.23. The Kier molecular flexibility index (Phi) is 3.79. The SMILES string of the molecule is O=C(NS(=O)(=O)C(F)(F)F)c1cc(F)c(F)c(F)c1. The number of alkyl halides is 3. The Hall–Kier alpha value is -1.78. The van der Waals surface area contributed by atoms with Gasteiger partial charge in [0.25, 0.3) is 5.91 Å². The molecule has 4 nitrogen and oxygen atoms in total. The first-order valence-corrected chi connectivity index (χ1v) is 5.72. The van der Waals surface area contributed by atoms with Crippen molar-refractivity contribution in [2.24, 2.45) is 0 Å². The molecule has 106 valence electrons. The zero-order chi connectivity index (χ0) is 15.0. The van der Waals surface area contributed by atoms with E-state index in [0.29, 0.717) is 4.72 Å². The molecule has 1 aromatic rings. The molecule has 1 amide bonds. The topological polar surface area (TPSA) is 63.2 Å². The van der Waals surface area contributed by atoms with Gasteiger partial charge < -0.3 is 0 Å². The van der Waals surface area contributed by atoms with Gasteiger partial charge in [0.15, 0.2) is 17.5 Å². The molecule has 11 heteroatoms. The zero-order valence-electron chi connectivity index (χ0n) is 8.56. The standard InChI is InChI=1S/C8H3F6NO3S/c9-4-1-3(2-5(10)6(4)11)7(16)15-19(17,18)8(12,13)14/h1-2H,(H,15,16). The summed E-state index contributed by atoms with van der Waals surface area (Å²) >= 11 is 0. The highest BCUT2D eigenvalue weighted by Crippen LogP contribution is 2.22. The number of carbonyl (C=O) groups is 1.